The Labute approximate surface area is 192 Å². The first-order valence-electron chi connectivity index (χ1n) is 10.1. The number of carbonyl (C=O) groups is 1. The summed E-state index contributed by atoms with van der Waals surface area (Å²) in [6.07, 6.45) is 0. The summed E-state index contributed by atoms with van der Waals surface area (Å²) in [7, 11) is -1.18. The van der Waals surface area contributed by atoms with E-state index in [0.29, 0.717) is 11.3 Å². The smallest absolute Gasteiger partial charge is 0.243 e. The van der Waals surface area contributed by atoms with Gasteiger partial charge in [-0.1, -0.05) is 42.5 Å². The van der Waals surface area contributed by atoms with E-state index in [1.165, 1.54) is 44.6 Å². The van der Waals surface area contributed by atoms with E-state index < -0.39 is 22.5 Å². The van der Waals surface area contributed by atoms with Gasteiger partial charge in [-0.3, -0.25) is 4.79 Å². The van der Waals surface area contributed by atoms with Crippen molar-refractivity contribution < 1.29 is 27.1 Å². The van der Waals surface area contributed by atoms with E-state index in [9.17, 15) is 17.6 Å². The number of benzene rings is 3. The first kappa shape index (κ1) is 24.2. The second-order valence-corrected chi connectivity index (χ2v) is 9.12. The molecule has 0 aromatic heterocycles. The van der Waals surface area contributed by atoms with Gasteiger partial charge in [0.05, 0.1) is 25.7 Å². The molecule has 0 fully saturated rings. The second-order valence-electron chi connectivity index (χ2n) is 7.18. The van der Waals surface area contributed by atoms with Crippen LogP contribution in [0.5, 0.6) is 11.5 Å². The summed E-state index contributed by atoms with van der Waals surface area (Å²) in [5, 5.41) is 2.69. The number of ether oxygens (including phenoxy) is 2. The average molecular weight is 473 g/mol. The van der Waals surface area contributed by atoms with E-state index >= 15 is 0 Å². The van der Waals surface area contributed by atoms with Gasteiger partial charge in [-0.05, 0) is 35.4 Å². The first-order valence-corrected chi connectivity index (χ1v) is 11.5. The highest BCUT2D eigenvalue weighted by atomic mass is 32.2. The number of nitrogens with one attached hydrogen (secondary N) is 1. The standard InChI is InChI=1S/C24H25FN2O5S/c1-31-22-13-12-21(14-23(22)32-2)33(29,30)27(16-19-6-4-3-5-7-19)17-24(28)26-15-18-8-10-20(25)11-9-18/h3-14H,15-17H2,1-2H3,(H,26,28). The predicted molar refractivity (Wildman–Crippen MR) is 122 cm³/mol. The molecule has 3 rings (SSSR count). The molecule has 0 aliphatic carbocycles. The molecular formula is C24H25FN2O5S. The third-order valence-electron chi connectivity index (χ3n) is 4.92. The largest absolute Gasteiger partial charge is 0.493 e. The van der Waals surface area contributed by atoms with E-state index in [1.54, 1.807) is 36.4 Å². The first-order chi connectivity index (χ1) is 15.8. The van der Waals surface area contributed by atoms with Crippen molar-refractivity contribution in [3.8, 4) is 11.5 Å². The van der Waals surface area contributed by atoms with Gasteiger partial charge in [-0.25, -0.2) is 12.8 Å². The molecule has 3 aromatic rings. The minimum atomic E-state index is -4.05. The number of rotatable bonds is 10. The molecule has 0 aliphatic rings. The molecule has 33 heavy (non-hydrogen) atoms. The number of amides is 1. The Bertz CT molecular complexity index is 1190. The number of sulfonamides is 1. The molecular weight excluding hydrogens is 447 g/mol. The lowest BCUT2D eigenvalue weighted by Crippen LogP contribution is -2.40. The lowest BCUT2D eigenvalue weighted by atomic mass is 10.2. The Hall–Kier alpha value is -3.43. The minimum absolute atomic E-state index is 0.00147. The zero-order chi connectivity index (χ0) is 23.8. The average Bonchev–Trinajstić information content (AvgIpc) is 2.83. The van der Waals surface area contributed by atoms with Crippen molar-refractivity contribution in [3.63, 3.8) is 0 Å². The van der Waals surface area contributed by atoms with Crippen LogP contribution in [0.2, 0.25) is 0 Å². The van der Waals surface area contributed by atoms with E-state index in [2.05, 4.69) is 5.32 Å². The molecule has 3 aromatic carbocycles. The Morgan fingerprint density at radius 2 is 1.58 bits per heavy atom. The van der Waals surface area contributed by atoms with Crippen LogP contribution in [0, 0.1) is 5.82 Å². The van der Waals surface area contributed by atoms with Crippen LogP contribution in [0.25, 0.3) is 0 Å². The number of hydrogen-bond acceptors (Lipinski definition) is 5. The van der Waals surface area contributed by atoms with Gasteiger partial charge < -0.3 is 14.8 Å². The third kappa shape index (κ3) is 6.30. The van der Waals surface area contributed by atoms with Gasteiger partial charge in [0.15, 0.2) is 11.5 Å². The highest BCUT2D eigenvalue weighted by molar-refractivity contribution is 7.89. The Balaban J connectivity index is 1.83. The lowest BCUT2D eigenvalue weighted by Gasteiger charge is -2.22. The zero-order valence-electron chi connectivity index (χ0n) is 18.3. The summed E-state index contributed by atoms with van der Waals surface area (Å²) in [6.45, 7) is -0.247. The fraction of sp³-hybridized carbons (Fsp3) is 0.208. The maximum atomic E-state index is 13.5. The third-order valence-corrected chi connectivity index (χ3v) is 6.71. The molecule has 1 N–H and O–H groups in total. The Kier molecular flexibility index (Phi) is 8.02. The molecule has 0 atom stereocenters. The zero-order valence-corrected chi connectivity index (χ0v) is 19.1. The number of nitrogens with zero attached hydrogens (tertiary/aromatic N) is 1. The molecule has 0 heterocycles. The fourth-order valence-electron chi connectivity index (χ4n) is 3.16. The lowest BCUT2D eigenvalue weighted by molar-refractivity contribution is -0.121. The van der Waals surface area contributed by atoms with Crippen LogP contribution in [-0.2, 0) is 27.9 Å². The van der Waals surface area contributed by atoms with Crippen molar-refractivity contribution in [3.05, 3.63) is 89.7 Å². The van der Waals surface area contributed by atoms with Crippen LogP contribution in [-0.4, -0.2) is 39.4 Å². The summed E-state index contributed by atoms with van der Waals surface area (Å²) >= 11 is 0. The maximum absolute atomic E-state index is 13.5. The van der Waals surface area contributed by atoms with Crippen molar-refractivity contribution in [2.24, 2.45) is 0 Å². The molecule has 0 aliphatic heterocycles. The van der Waals surface area contributed by atoms with E-state index in [1.807, 2.05) is 6.07 Å². The van der Waals surface area contributed by atoms with Crippen LogP contribution in [0.4, 0.5) is 4.39 Å². The number of hydrogen-bond donors (Lipinski definition) is 1. The molecule has 0 bridgehead atoms. The summed E-state index contributed by atoms with van der Waals surface area (Å²) in [5.74, 6) is -0.207. The predicted octanol–water partition coefficient (Wildman–Crippen LogP) is 3.35. The van der Waals surface area contributed by atoms with Crippen LogP contribution in [0.1, 0.15) is 11.1 Å². The van der Waals surface area contributed by atoms with E-state index in [-0.39, 0.29) is 29.6 Å². The molecule has 174 valence electrons. The van der Waals surface area contributed by atoms with Gasteiger partial charge in [-0.2, -0.15) is 4.31 Å². The number of carbonyl (C=O) groups excluding carboxylic acids is 1. The molecule has 7 nitrogen and oxygen atoms in total. The molecule has 0 saturated carbocycles. The molecule has 0 spiro atoms. The van der Waals surface area contributed by atoms with Gasteiger partial charge in [0.1, 0.15) is 5.82 Å². The van der Waals surface area contributed by atoms with Crippen LogP contribution in [0.3, 0.4) is 0 Å². The Morgan fingerprint density at radius 1 is 0.909 bits per heavy atom. The highest BCUT2D eigenvalue weighted by Crippen LogP contribution is 2.31. The van der Waals surface area contributed by atoms with E-state index in [4.69, 9.17) is 9.47 Å². The van der Waals surface area contributed by atoms with Gasteiger partial charge in [0, 0.05) is 19.2 Å². The number of halogens is 1. The topological polar surface area (TPSA) is 84.9 Å². The van der Waals surface area contributed by atoms with E-state index in [0.717, 1.165) is 9.87 Å². The number of methoxy groups -OCH3 is 2. The van der Waals surface area contributed by atoms with Crippen molar-refractivity contribution in [1.82, 2.24) is 9.62 Å². The summed E-state index contributed by atoms with van der Waals surface area (Å²) in [6, 6.07) is 19.0. The monoisotopic (exact) mass is 472 g/mol. The minimum Gasteiger partial charge on any atom is -0.493 e. The molecule has 0 radical (unpaired) electrons. The molecule has 0 unspecified atom stereocenters. The Morgan fingerprint density at radius 3 is 2.21 bits per heavy atom. The van der Waals surface area contributed by atoms with Crippen molar-refractivity contribution in [1.29, 1.82) is 0 Å². The SMILES string of the molecule is COc1ccc(S(=O)(=O)N(CC(=O)NCc2ccc(F)cc2)Cc2ccccc2)cc1OC. The second kappa shape index (κ2) is 10.9. The summed E-state index contributed by atoms with van der Waals surface area (Å²) < 4.78 is 51.5. The van der Waals surface area contributed by atoms with Crippen LogP contribution < -0.4 is 14.8 Å². The molecule has 1 amide bonds. The summed E-state index contributed by atoms with van der Waals surface area (Å²) in [4.78, 5) is 12.6. The van der Waals surface area contributed by atoms with Gasteiger partial charge in [0.25, 0.3) is 0 Å². The van der Waals surface area contributed by atoms with Gasteiger partial charge in [-0.15, -0.1) is 0 Å². The van der Waals surface area contributed by atoms with Crippen molar-refractivity contribution in [2.75, 3.05) is 20.8 Å². The van der Waals surface area contributed by atoms with Crippen LogP contribution in [0.15, 0.2) is 77.7 Å². The highest BCUT2D eigenvalue weighted by Gasteiger charge is 2.28. The van der Waals surface area contributed by atoms with Gasteiger partial charge in [0.2, 0.25) is 15.9 Å². The van der Waals surface area contributed by atoms with Crippen LogP contribution >= 0.6 is 0 Å². The fourth-order valence-corrected chi connectivity index (χ4v) is 4.56. The van der Waals surface area contributed by atoms with Crippen molar-refractivity contribution >= 4 is 15.9 Å². The normalized spacial score (nSPS) is 11.3. The maximum Gasteiger partial charge on any atom is 0.243 e. The molecule has 9 heteroatoms. The quantitative estimate of drug-likeness (QED) is 0.489. The van der Waals surface area contributed by atoms with Crippen molar-refractivity contribution in [2.45, 2.75) is 18.0 Å². The summed E-state index contributed by atoms with van der Waals surface area (Å²) in [5.41, 5.74) is 1.43. The molecule has 0 saturated heterocycles. The van der Waals surface area contributed by atoms with Gasteiger partial charge >= 0.3 is 0 Å².